The maximum atomic E-state index is 6.66. The van der Waals surface area contributed by atoms with Gasteiger partial charge in [0.2, 0.25) is 5.95 Å². The minimum atomic E-state index is -0.276. The summed E-state index contributed by atoms with van der Waals surface area (Å²) in [5.41, 5.74) is 19.6. The molecule has 0 amide bonds. The topological polar surface area (TPSA) is 113 Å². The quantitative estimate of drug-likeness (QED) is 0.124. The zero-order chi connectivity index (χ0) is 47.4. The lowest BCUT2D eigenvalue weighted by atomic mass is 9.98. The molecule has 342 valence electrons. The fourth-order valence-electron chi connectivity index (χ4n) is 9.53. The Morgan fingerprint density at radius 2 is 1.39 bits per heavy atom. The number of anilines is 2. The molecule has 0 spiro atoms. The number of nitrogens with one attached hydrogen (secondary N) is 1. The predicted molar refractivity (Wildman–Crippen MR) is 287 cm³/mol. The van der Waals surface area contributed by atoms with Crippen molar-refractivity contribution in [1.82, 2.24) is 29.7 Å². The van der Waals surface area contributed by atoms with E-state index in [1.165, 1.54) is 0 Å². The number of para-hydroxylation sites is 1. The van der Waals surface area contributed by atoms with E-state index in [4.69, 9.17) is 30.7 Å². The number of pyridine rings is 1. The maximum absolute atomic E-state index is 6.66. The lowest BCUT2D eigenvalue weighted by Crippen LogP contribution is -2.42. The van der Waals surface area contributed by atoms with Crippen molar-refractivity contribution in [3.8, 4) is 17.1 Å². The van der Waals surface area contributed by atoms with Gasteiger partial charge < -0.3 is 20.9 Å². The van der Waals surface area contributed by atoms with Crippen molar-refractivity contribution in [3.63, 3.8) is 0 Å². The average Bonchev–Trinajstić information content (AvgIpc) is 3.76. The third kappa shape index (κ3) is 8.39. The zero-order valence-electron chi connectivity index (χ0n) is 39.8. The van der Waals surface area contributed by atoms with E-state index in [-0.39, 0.29) is 12.3 Å². The number of benzene rings is 6. The molecule has 0 saturated heterocycles. The summed E-state index contributed by atoms with van der Waals surface area (Å²) >= 11 is 0. The van der Waals surface area contributed by atoms with Crippen LogP contribution in [0.2, 0.25) is 0 Å². The lowest BCUT2D eigenvalue weighted by Gasteiger charge is -2.34. The van der Waals surface area contributed by atoms with Gasteiger partial charge >= 0.3 is 0 Å². The smallest absolute Gasteiger partial charge is 0.234 e. The molecule has 6 aromatic carbocycles. The van der Waals surface area contributed by atoms with E-state index in [1.54, 1.807) is 0 Å². The number of nitrogen functional groups attached to an aromatic ring is 1. The van der Waals surface area contributed by atoms with Crippen LogP contribution in [0.3, 0.4) is 0 Å². The van der Waals surface area contributed by atoms with Crippen LogP contribution in [0.5, 0.6) is 0 Å². The summed E-state index contributed by atoms with van der Waals surface area (Å²) in [6.07, 6.45) is 14.9. The predicted octanol–water partition coefficient (Wildman–Crippen LogP) is 12.5. The zero-order valence-corrected chi connectivity index (χ0v) is 39.8. The highest BCUT2D eigenvalue weighted by atomic mass is 15.3. The van der Waals surface area contributed by atoms with E-state index in [1.807, 2.05) is 88.0 Å². The van der Waals surface area contributed by atoms with Gasteiger partial charge in [0.25, 0.3) is 0 Å². The van der Waals surface area contributed by atoms with E-state index in [2.05, 4.69) is 149 Å². The van der Waals surface area contributed by atoms with Gasteiger partial charge in [-0.15, -0.1) is 0 Å². The molecule has 11 rings (SSSR count). The molecule has 10 nitrogen and oxygen atoms in total. The van der Waals surface area contributed by atoms with Crippen LogP contribution in [0.4, 0.5) is 11.4 Å². The Kier molecular flexibility index (Phi) is 12.5. The number of nitrogens with two attached hydrogens (primary N) is 1. The molecule has 2 aliphatic rings. The fourth-order valence-corrected chi connectivity index (χ4v) is 9.53. The number of nitrogens with zero attached hydrogens (tertiary/aromatic N) is 8. The summed E-state index contributed by atoms with van der Waals surface area (Å²) in [6, 6.07) is 50.5. The van der Waals surface area contributed by atoms with Crippen LogP contribution in [0.25, 0.3) is 55.5 Å². The van der Waals surface area contributed by atoms with Gasteiger partial charge in [-0.3, -0.25) is 9.55 Å². The third-order valence-electron chi connectivity index (χ3n) is 13.0. The van der Waals surface area contributed by atoms with Gasteiger partial charge in [0.15, 0.2) is 5.84 Å². The normalized spacial score (nSPS) is 15.6. The number of amidine groups is 2. The molecule has 2 atom stereocenters. The highest BCUT2D eigenvalue weighted by molar-refractivity contribution is 6.18. The van der Waals surface area contributed by atoms with Gasteiger partial charge in [0, 0.05) is 71.2 Å². The van der Waals surface area contributed by atoms with Crippen LogP contribution in [-0.4, -0.2) is 56.4 Å². The number of hydrogen-bond donors (Lipinski definition) is 2. The molecule has 3 aromatic heterocycles. The summed E-state index contributed by atoms with van der Waals surface area (Å²) in [5.74, 6) is 1.98. The molecule has 3 N–H and O–H groups in total. The molecule has 2 unspecified atom stereocenters. The summed E-state index contributed by atoms with van der Waals surface area (Å²) in [6.45, 7) is 6.20. The van der Waals surface area contributed by atoms with Crippen LogP contribution < -0.4 is 16.0 Å². The van der Waals surface area contributed by atoms with E-state index in [9.17, 15) is 0 Å². The number of fused-ring (bicyclic) bond motifs is 4. The summed E-state index contributed by atoms with van der Waals surface area (Å²) < 4.78 is 2.17. The average molecular weight is 905 g/mol. The van der Waals surface area contributed by atoms with Crippen molar-refractivity contribution in [2.24, 2.45) is 9.98 Å². The molecule has 2 aliphatic heterocycles. The Labute approximate surface area is 403 Å². The number of allylic oxidation sites excluding steroid dienone is 2. The standard InChI is InChI=1S/C57H50N10.C2H6/c1-4-5-18-38-29-30-41-33-42(34-59-52(41)51(38)58)46-26-17-28-49(62-46)65(2)53-44(37-19-9-6-10-20-37)31-32-48-50(53)45-25-15-16-27-47(45)67(48)57-60-35-43(36-61-57)56-64-54(39-21-11-7-12-22-39)63-55(66(56)3)40-23-13-8-14-24-40;1-2/h6-17,19-36,49,55,62H,4-5,18,58H2,1-3H3;1-2H3. The van der Waals surface area contributed by atoms with Crippen LogP contribution in [0, 0.1) is 0 Å². The highest BCUT2D eigenvalue weighted by Crippen LogP contribution is 2.44. The monoisotopic (exact) mass is 904 g/mol. The Morgan fingerprint density at radius 3 is 2.13 bits per heavy atom. The molecule has 9 aromatic rings. The van der Waals surface area contributed by atoms with Gasteiger partial charge in [-0.05, 0) is 59.9 Å². The first-order valence-electron chi connectivity index (χ1n) is 23.9. The number of hydrogen-bond acceptors (Lipinski definition) is 9. The van der Waals surface area contributed by atoms with Crippen molar-refractivity contribution in [2.45, 2.75) is 52.4 Å². The van der Waals surface area contributed by atoms with E-state index < -0.39 is 0 Å². The summed E-state index contributed by atoms with van der Waals surface area (Å²) in [5, 5.41) is 7.08. The molecule has 0 fully saturated rings. The molecular weight excluding hydrogens is 849 g/mol. The first-order valence-corrected chi connectivity index (χ1v) is 23.9. The van der Waals surface area contributed by atoms with Gasteiger partial charge in [-0.25, -0.2) is 20.0 Å². The number of aryl methyl sites for hydroxylation is 1. The van der Waals surface area contributed by atoms with E-state index in [0.29, 0.717) is 11.8 Å². The summed E-state index contributed by atoms with van der Waals surface area (Å²) in [7, 11) is 4.19. The minimum absolute atomic E-state index is 0.194. The van der Waals surface area contributed by atoms with E-state index in [0.717, 1.165) is 114 Å². The Bertz CT molecular complexity index is 3410. The van der Waals surface area contributed by atoms with Crippen molar-refractivity contribution >= 4 is 61.5 Å². The fraction of sp³-hybridized carbons (Fsp3) is 0.169. The molecule has 0 radical (unpaired) electrons. The van der Waals surface area contributed by atoms with Crippen molar-refractivity contribution in [3.05, 3.63) is 210 Å². The van der Waals surface area contributed by atoms with Crippen LogP contribution in [0.1, 0.15) is 67.6 Å². The van der Waals surface area contributed by atoms with Crippen molar-refractivity contribution in [2.75, 3.05) is 24.7 Å². The first kappa shape index (κ1) is 44.5. The third-order valence-corrected chi connectivity index (χ3v) is 13.0. The van der Waals surface area contributed by atoms with Crippen LogP contribution in [0.15, 0.2) is 192 Å². The highest BCUT2D eigenvalue weighted by Gasteiger charge is 2.29. The van der Waals surface area contributed by atoms with Crippen LogP contribution >= 0.6 is 0 Å². The van der Waals surface area contributed by atoms with Gasteiger partial charge in [0.05, 0.1) is 33.5 Å². The second-order valence-electron chi connectivity index (χ2n) is 17.2. The van der Waals surface area contributed by atoms with Crippen molar-refractivity contribution in [1.29, 1.82) is 0 Å². The van der Waals surface area contributed by atoms with Gasteiger partial charge in [-0.2, -0.15) is 0 Å². The second kappa shape index (κ2) is 19.5. The van der Waals surface area contributed by atoms with Gasteiger partial charge in [0.1, 0.15) is 18.2 Å². The number of rotatable bonds is 11. The maximum Gasteiger partial charge on any atom is 0.234 e. The largest absolute Gasteiger partial charge is 0.397 e. The van der Waals surface area contributed by atoms with Crippen LogP contribution in [-0.2, 0) is 6.42 Å². The molecule has 0 aliphatic carbocycles. The number of aliphatic imine (C=N–C) groups is 2. The molecule has 0 saturated carbocycles. The molecule has 5 heterocycles. The Hall–Kier alpha value is -8.37. The number of unbranched alkanes of at least 4 members (excludes halogenated alkanes) is 1. The molecule has 10 heteroatoms. The SMILES string of the molecule is CC.CCCCc1ccc2cc(C3=CC=CC(N(C)c4c(-c5ccccc5)ccc5c4c4ccccc4n5-c4ncc(C5=NC(c6ccccc6)=NC(c6ccccc6)N5C)cn4)N3)cnc2c1N. The lowest BCUT2D eigenvalue weighted by molar-refractivity contribution is 0.382. The Morgan fingerprint density at radius 1 is 0.710 bits per heavy atom. The molecule has 69 heavy (non-hydrogen) atoms. The second-order valence-corrected chi connectivity index (χ2v) is 17.2. The number of aromatic nitrogens is 4. The Balaban J connectivity index is 0.00000273. The van der Waals surface area contributed by atoms with Gasteiger partial charge in [-0.1, -0.05) is 161 Å². The number of likely N-dealkylation sites (N-methyl/N-ethyl adjacent to an activating group) is 1. The van der Waals surface area contributed by atoms with Crippen molar-refractivity contribution < 1.29 is 0 Å². The molecular formula is C59H56N10. The number of dihydropyridines is 1. The first-order chi connectivity index (χ1) is 33.9. The minimum Gasteiger partial charge on any atom is -0.397 e. The summed E-state index contributed by atoms with van der Waals surface area (Å²) in [4.78, 5) is 29.8. The van der Waals surface area contributed by atoms with E-state index >= 15 is 0 Å². The molecule has 0 bridgehead atoms.